The minimum atomic E-state index is -1.82. The van der Waals surface area contributed by atoms with Gasteiger partial charge >= 0.3 is 47.6 Å². The molecule has 0 radical (unpaired) electrons. The normalized spacial score (nSPS) is 5.35. The second-order valence-electron chi connectivity index (χ2n) is 1.22. The summed E-state index contributed by atoms with van der Waals surface area (Å²) in [5, 5.41) is 29.6. The van der Waals surface area contributed by atoms with Gasteiger partial charge in [0.05, 0.1) is 0 Å². The predicted molar refractivity (Wildman–Crippen MR) is 44.9 cm³/mol. The summed E-state index contributed by atoms with van der Waals surface area (Å²) < 4.78 is 8.25. The Hall–Kier alpha value is -1.73. The first-order valence-corrected chi connectivity index (χ1v) is 3.05. The molecule has 0 saturated heterocycles. The van der Waals surface area contributed by atoms with Crippen LogP contribution >= 0.6 is 0 Å². The Bertz CT molecular complexity index is 194. The van der Waals surface area contributed by atoms with Gasteiger partial charge < -0.3 is 38.2 Å². The Balaban J connectivity index is -0.0000000268. The van der Waals surface area contributed by atoms with Gasteiger partial charge in [-0.3, -0.25) is 0 Å². The van der Waals surface area contributed by atoms with Crippen molar-refractivity contribution in [1.29, 1.82) is 0 Å². The van der Waals surface area contributed by atoms with Gasteiger partial charge in [0, 0.05) is 0 Å². The van der Waals surface area contributed by atoms with Crippen molar-refractivity contribution in [2.24, 2.45) is 0 Å². The Morgan fingerprint density at radius 3 is 0.647 bits per heavy atom. The molecule has 0 unspecified atom stereocenters. The Labute approximate surface area is 105 Å². The van der Waals surface area contributed by atoms with Crippen LogP contribution in [0.3, 0.4) is 0 Å². The minimum absolute atomic E-state index is 0. The molecule has 12 nitrogen and oxygen atoms in total. The number of aliphatic carboxylic acids is 4. The van der Waals surface area contributed by atoms with E-state index in [1.165, 1.54) is 0 Å². The molecule has 102 valence electrons. The third-order valence-electron chi connectivity index (χ3n) is 0.366. The fourth-order valence-corrected chi connectivity index (χ4v) is 0. The molecule has 0 amide bonds. The van der Waals surface area contributed by atoms with Gasteiger partial charge in [0.15, 0.2) is 0 Å². The number of hydrogen-bond acceptors (Lipinski definition) is 7. The molecule has 0 fully saturated rings. The first kappa shape index (κ1) is 36.2. The molecule has 17 heavy (non-hydrogen) atoms. The van der Waals surface area contributed by atoms with E-state index in [2.05, 4.69) is 0 Å². The number of carboxylic acid groups (broad SMARTS) is 4. The van der Waals surface area contributed by atoms with Gasteiger partial charge in [-0.2, -0.15) is 0 Å². The Morgan fingerprint density at radius 1 is 0.588 bits per heavy atom. The molecule has 12 N–H and O–H groups in total. The summed E-state index contributed by atoms with van der Waals surface area (Å²) in [4.78, 5) is 36.4. The summed E-state index contributed by atoms with van der Waals surface area (Å²) in [7, 11) is 0. The standard InChI is InChI=1S/2C2H2O4.2H3N.H2O.O.Ti/c2*3-1(4)2(5)6;;;;;/h2*(H,3,4)(H,5,6);2*1H3;1H2;;. The number of carbonyl (C=O) groups is 4. The molecule has 0 bridgehead atoms. The zero-order chi connectivity index (χ0) is 12.3. The molecule has 0 aromatic heterocycles. The fourth-order valence-electron chi connectivity index (χ4n) is 0. The van der Waals surface area contributed by atoms with Gasteiger partial charge in [-0.05, 0) is 0 Å². The zero-order valence-electron chi connectivity index (χ0n) is 8.24. The second kappa shape index (κ2) is 23.8. The Kier molecular flexibility index (Phi) is 50.7. The van der Waals surface area contributed by atoms with Crippen LogP contribution in [0.15, 0.2) is 0 Å². The van der Waals surface area contributed by atoms with Crippen LogP contribution in [0.5, 0.6) is 0 Å². The molecule has 13 heteroatoms. The summed E-state index contributed by atoms with van der Waals surface area (Å²) in [6, 6.07) is 0. The van der Waals surface area contributed by atoms with E-state index in [-0.39, 0.29) is 17.8 Å². The van der Waals surface area contributed by atoms with E-state index in [1.807, 2.05) is 0 Å². The van der Waals surface area contributed by atoms with E-state index in [0.717, 1.165) is 20.4 Å². The Morgan fingerprint density at radius 2 is 0.647 bits per heavy atom. The molecule has 0 saturated carbocycles. The van der Waals surface area contributed by atoms with Gasteiger partial charge in [-0.15, -0.1) is 0 Å². The van der Waals surface area contributed by atoms with Crippen molar-refractivity contribution >= 4 is 23.9 Å². The zero-order valence-corrected chi connectivity index (χ0v) is 9.81. The van der Waals surface area contributed by atoms with Crippen molar-refractivity contribution in [2.75, 3.05) is 0 Å². The SMILES string of the molecule is N.N.O.O=C(O)C(=O)O.O=C(O)C(=O)O.[O]=[Ti]. The van der Waals surface area contributed by atoms with Crippen molar-refractivity contribution in [3.8, 4) is 0 Å². The number of carboxylic acids is 4. The van der Waals surface area contributed by atoms with Crippen LogP contribution < -0.4 is 12.3 Å². The molecular formula is C4H12N2O10Ti. The summed E-state index contributed by atoms with van der Waals surface area (Å²) >= 11 is 0.750. The van der Waals surface area contributed by atoms with Crippen LogP contribution in [0, 0.1) is 0 Å². The molecule has 0 spiro atoms. The maximum atomic E-state index is 9.10. The average Bonchev–Trinajstić information content (AvgIpc) is 2.08. The van der Waals surface area contributed by atoms with E-state index in [9.17, 15) is 0 Å². The fraction of sp³-hybridized carbons (Fsp3) is 0. The predicted octanol–water partition coefficient (Wildman–Crippen LogP) is -2.31. The maximum absolute atomic E-state index is 9.10. The third-order valence-corrected chi connectivity index (χ3v) is 0.366. The van der Waals surface area contributed by atoms with Crippen LogP contribution in [0.1, 0.15) is 0 Å². The van der Waals surface area contributed by atoms with Crippen molar-refractivity contribution in [1.82, 2.24) is 12.3 Å². The average molecular weight is 296 g/mol. The summed E-state index contributed by atoms with van der Waals surface area (Å²) in [5.41, 5.74) is 0. The van der Waals surface area contributed by atoms with Crippen LogP contribution in [0.25, 0.3) is 0 Å². The number of hydrogen-bond donors (Lipinski definition) is 6. The molecule has 0 aliphatic carbocycles. The second-order valence-corrected chi connectivity index (χ2v) is 1.22. The molecular weight excluding hydrogens is 284 g/mol. The first-order chi connectivity index (χ1) is 6.29. The summed E-state index contributed by atoms with van der Waals surface area (Å²) in [5.74, 6) is -7.30. The van der Waals surface area contributed by atoms with Crippen LogP contribution in [-0.4, -0.2) is 49.8 Å². The monoisotopic (exact) mass is 296 g/mol. The van der Waals surface area contributed by atoms with Crippen LogP contribution in [-0.2, 0) is 42.9 Å². The number of rotatable bonds is 0. The van der Waals surface area contributed by atoms with Crippen molar-refractivity contribution in [3.05, 3.63) is 0 Å². The molecule has 0 atom stereocenters. The molecule has 0 aliphatic heterocycles. The molecule has 0 aromatic carbocycles. The summed E-state index contributed by atoms with van der Waals surface area (Å²) in [6.45, 7) is 0. The quantitative estimate of drug-likeness (QED) is 0.204. The molecule has 0 aromatic rings. The van der Waals surface area contributed by atoms with E-state index in [1.54, 1.807) is 0 Å². The van der Waals surface area contributed by atoms with E-state index in [0.29, 0.717) is 0 Å². The van der Waals surface area contributed by atoms with Crippen molar-refractivity contribution in [3.63, 3.8) is 0 Å². The molecule has 0 aliphatic rings. The van der Waals surface area contributed by atoms with Crippen molar-refractivity contribution < 1.29 is 68.8 Å². The van der Waals surface area contributed by atoms with Gasteiger partial charge in [0.1, 0.15) is 0 Å². The summed E-state index contributed by atoms with van der Waals surface area (Å²) in [6.07, 6.45) is 0. The molecule has 0 rings (SSSR count). The van der Waals surface area contributed by atoms with Gasteiger partial charge in [-0.25, -0.2) is 19.2 Å². The van der Waals surface area contributed by atoms with Crippen LogP contribution in [0.4, 0.5) is 0 Å². The molecule has 0 heterocycles. The third kappa shape index (κ3) is 54.6. The topological polar surface area (TPSA) is 268 Å². The first-order valence-electron chi connectivity index (χ1n) is 2.42. The van der Waals surface area contributed by atoms with Gasteiger partial charge in [0.25, 0.3) is 0 Å². The van der Waals surface area contributed by atoms with E-state index in [4.69, 9.17) is 42.9 Å². The van der Waals surface area contributed by atoms with E-state index >= 15 is 0 Å². The van der Waals surface area contributed by atoms with E-state index < -0.39 is 23.9 Å². The van der Waals surface area contributed by atoms with Gasteiger partial charge in [-0.1, -0.05) is 0 Å². The van der Waals surface area contributed by atoms with Crippen molar-refractivity contribution in [2.45, 2.75) is 0 Å². The van der Waals surface area contributed by atoms with Gasteiger partial charge in [0.2, 0.25) is 0 Å². The van der Waals surface area contributed by atoms with Crippen LogP contribution in [0.2, 0.25) is 0 Å².